The van der Waals surface area contributed by atoms with Crippen LogP contribution in [0.25, 0.3) is 6.08 Å². The standard InChI is InChI=1S/C20H23NO3/c1-20(2,3)24-19(23)21-14-13-18(22)15-17(21)12-8-7-11-16-9-5-4-6-10-16/h4-14,17H,15H2,1-3H3/b11-7+,12-8+/t17-/m0/s1. The van der Waals surface area contributed by atoms with Crippen LogP contribution in [0, 0.1) is 0 Å². The quantitative estimate of drug-likeness (QED) is 0.776. The van der Waals surface area contributed by atoms with Crippen LogP contribution in [0.5, 0.6) is 0 Å². The predicted octanol–water partition coefficient (Wildman–Crippen LogP) is 4.35. The number of benzene rings is 1. The Hall–Kier alpha value is -2.62. The second-order valence-electron chi connectivity index (χ2n) is 6.60. The minimum Gasteiger partial charge on any atom is -0.443 e. The van der Waals surface area contributed by atoms with E-state index in [1.54, 1.807) is 0 Å². The molecule has 0 N–H and O–H groups in total. The predicted molar refractivity (Wildman–Crippen MR) is 95.2 cm³/mol. The maximum Gasteiger partial charge on any atom is 0.414 e. The molecule has 1 aliphatic heterocycles. The van der Waals surface area contributed by atoms with Gasteiger partial charge < -0.3 is 4.74 Å². The van der Waals surface area contributed by atoms with Gasteiger partial charge in [-0.1, -0.05) is 54.6 Å². The van der Waals surface area contributed by atoms with E-state index in [2.05, 4.69) is 0 Å². The van der Waals surface area contributed by atoms with Crippen LogP contribution in [-0.2, 0) is 9.53 Å². The molecule has 0 saturated heterocycles. The van der Waals surface area contributed by atoms with Crippen molar-refractivity contribution in [3.05, 3.63) is 66.4 Å². The zero-order valence-corrected chi connectivity index (χ0v) is 14.3. The van der Waals surface area contributed by atoms with Gasteiger partial charge >= 0.3 is 6.09 Å². The van der Waals surface area contributed by atoms with E-state index < -0.39 is 11.7 Å². The van der Waals surface area contributed by atoms with Gasteiger partial charge in [-0.3, -0.25) is 9.69 Å². The van der Waals surface area contributed by atoms with Crippen LogP contribution in [0.2, 0.25) is 0 Å². The van der Waals surface area contributed by atoms with E-state index in [1.165, 1.54) is 17.2 Å². The molecule has 0 fully saturated rings. The molecule has 0 bridgehead atoms. The zero-order chi connectivity index (χ0) is 17.6. The molecule has 0 aliphatic carbocycles. The van der Waals surface area contributed by atoms with Crippen LogP contribution in [0.3, 0.4) is 0 Å². The third kappa shape index (κ3) is 5.54. The second-order valence-corrected chi connectivity index (χ2v) is 6.60. The Bertz CT molecular complexity index is 666. The number of hydrogen-bond acceptors (Lipinski definition) is 3. The third-order valence-corrected chi connectivity index (χ3v) is 3.33. The molecule has 0 saturated carbocycles. The van der Waals surface area contributed by atoms with Crippen LogP contribution in [-0.4, -0.2) is 28.4 Å². The molecular weight excluding hydrogens is 302 g/mol. The Morgan fingerprint density at radius 1 is 1.21 bits per heavy atom. The fourth-order valence-corrected chi connectivity index (χ4v) is 2.24. The normalized spacial score (nSPS) is 18.5. The van der Waals surface area contributed by atoms with Crippen molar-refractivity contribution in [1.29, 1.82) is 0 Å². The number of hydrogen-bond donors (Lipinski definition) is 0. The lowest BCUT2D eigenvalue weighted by molar-refractivity contribution is -0.115. The van der Waals surface area contributed by atoms with Gasteiger partial charge in [0.05, 0.1) is 6.04 Å². The van der Waals surface area contributed by atoms with Gasteiger partial charge in [0, 0.05) is 12.6 Å². The van der Waals surface area contributed by atoms with E-state index >= 15 is 0 Å². The van der Waals surface area contributed by atoms with Crippen LogP contribution >= 0.6 is 0 Å². The molecule has 1 aromatic carbocycles. The Kier molecular flexibility index (Phi) is 5.74. The van der Waals surface area contributed by atoms with E-state index in [0.717, 1.165) is 5.56 Å². The minimum atomic E-state index is -0.576. The smallest absolute Gasteiger partial charge is 0.414 e. The first-order valence-corrected chi connectivity index (χ1v) is 7.97. The summed E-state index contributed by atoms with van der Waals surface area (Å²) in [7, 11) is 0. The summed E-state index contributed by atoms with van der Waals surface area (Å²) in [5.41, 5.74) is 0.513. The number of ketones is 1. The highest BCUT2D eigenvalue weighted by Gasteiger charge is 2.29. The first-order valence-electron chi connectivity index (χ1n) is 7.97. The van der Waals surface area contributed by atoms with Crippen molar-refractivity contribution in [2.45, 2.75) is 38.8 Å². The van der Waals surface area contributed by atoms with Gasteiger partial charge in [0.15, 0.2) is 5.78 Å². The summed E-state index contributed by atoms with van der Waals surface area (Å²) in [5, 5.41) is 0. The average Bonchev–Trinajstić information content (AvgIpc) is 2.51. The van der Waals surface area contributed by atoms with E-state index in [1.807, 2.05) is 75.4 Å². The molecule has 1 aromatic rings. The van der Waals surface area contributed by atoms with Crippen LogP contribution < -0.4 is 0 Å². The molecule has 0 radical (unpaired) electrons. The lowest BCUT2D eigenvalue weighted by atomic mass is 10.1. The Balaban J connectivity index is 2.06. The topological polar surface area (TPSA) is 46.6 Å². The molecule has 24 heavy (non-hydrogen) atoms. The molecule has 126 valence electrons. The van der Waals surface area contributed by atoms with Crippen LogP contribution in [0.4, 0.5) is 4.79 Å². The Labute approximate surface area is 143 Å². The molecule has 0 unspecified atom stereocenters. The molecule has 1 heterocycles. The average molecular weight is 325 g/mol. The van der Waals surface area contributed by atoms with Gasteiger partial charge in [0.25, 0.3) is 0 Å². The highest BCUT2D eigenvalue weighted by molar-refractivity contribution is 5.92. The SMILES string of the molecule is CC(C)(C)OC(=O)N1C=CC(=O)C[C@@H]1/C=C/C=C/c1ccccc1. The van der Waals surface area contributed by atoms with Crippen molar-refractivity contribution in [3.8, 4) is 0 Å². The summed E-state index contributed by atoms with van der Waals surface area (Å²) in [6.07, 6.45) is 10.3. The summed E-state index contributed by atoms with van der Waals surface area (Å²) >= 11 is 0. The molecule has 4 nitrogen and oxygen atoms in total. The second kappa shape index (κ2) is 7.77. The van der Waals surface area contributed by atoms with Crippen molar-refractivity contribution < 1.29 is 14.3 Å². The number of carbonyl (C=O) groups is 2. The lowest BCUT2D eigenvalue weighted by Gasteiger charge is -2.31. The highest BCUT2D eigenvalue weighted by Crippen LogP contribution is 2.18. The van der Waals surface area contributed by atoms with Crippen LogP contribution in [0.1, 0.15) is 32.8 Å². The van der Waals surface area contributed by atoms with Crippen molar-refractivity contribution >= 4 is 18.0 Å². The van der Waals surface area contributed by atoms with Crippen molar-refractivity contribution in [1.82, 2.24) is 4.90 Å². The van der Waals surface area contributed by atoms with Crippen molar-refractivity contribution in [2.24, 2.45) is 0 Å². The highest BCUT2D eigenvalue weighted by atomic mass is 16.6. The molecule has 0 aromatic heterocycles. The Morgan fingerprint density at radius 3 is 2.58 bits per heavy atom. The molecule has 2 rings (SSSR count). The van der Waals surface area contributed by atoms with Gasteiger partial charge in [-0.15, -0.1) is 0 Å². The first-order chi connectivity index (χ1) is 11.3. The summed E-state index contributed by atoms with van der Waals surface area (Å²) in [5.74, 6) is -0.00324. The summed E-state index contributed by atoms with van der Waals surface area (Å²) < 4.78 is 5.39. The van der Waals surface area contributed by atoms with Gasteiger partial charge in [-0.05, 0) is 32.4 Å². The molecule has 1 aliphatic rings. The van der Waals surface area contributed by atoms with Gasteiger partial charge in [0.2, 0.25) is 0 Å². The summed E-state index contributed by atoms with van der Waals surface area (Å²) in [6, 6.07) is 9.58. The fourth-order valence-electron chi connectivity index (χ4n) is 2.24. The molecule has 1 atom stereocenters. The number of carbonyl (C=O) groups excluding carboxylic acids is 2. The Morgan fingerprint density at radius 2 is 1.92 bits per heavy atom. The zero-order valence-electron chi connectivity index (χ0n) is 14.3. The van der Waals surface area contributed by atoms with Crippen LogP contribution in [0.15, 0.2) is 60.8 Å². The van der Waals surface area contributed by atoms with Gasteiger partial charge in [-0.2, -0.15) is 0 Å². The van der Waals surface area contributed by atoms with Crippen molar-refractivity contribution in [3.63, 3.8) is 0 Å². The fraction of sp³-hybridized carbons (Fsp3) is 0.300. The molecule has 1 amide bonds. The number of ether oxygens (including phenoxy) is 1. The van der Waals surface area contributed by atoms with Crippen molar-refractivity contribution in [2.75, 3.05) is 0 Å². The molecule has 0 spiro atoms. The first kappa shape index (κ1) is 17.7. The summed E-state index contributed by atoms with van der Waals surface area (Å²) in [4.78, 5) is 25.4. The number of rotatable bonds is 3. The summed E-state index contributed by atoms with van der Waals surface area (Å²) in [6.45, 7) is 5.45. The van der Waals surface area contributed by atoms with Gasteiger partial charge in [-0.25, -0.2) is 4.79 Å². The van der Waals surface area contributed by atoms with Gasteiger partial charge in [0.1, 0.15) is 5.60 Å². The maximum atomic E-state index is 12.3. The van der Waals surface area contributed by atoms with E-state index in [9.17, 15) is 9.59 Å². The lowest BCUT2D eigenvalue weighted by Crippen LogP contribution is -2.42. The van der Waals surface area contributed by atoms with E-state index in [0.29, 0.717) is 0 Å². The minimum absolute atomic E-state index is 0.00324. The number of amides is 1. The molecule has 4 heteroatoms. The number of nitrogens with zero attached hydrogens (tertiary/aromatic N) is 1. The number of allylic oxidation sites excluding steroid dienone is 3. The van der Waals surface area contributed by atoms with E-state index in [4.69, 9.17) is 4.74 Å². The largest absolute Gasteiger partial charge is 0.443 e. The monoisotopic (exact) mass is 325 g/mol. The maximum absolute atomic E-state index is 12.3. The molecular formula is C20H23NO3. The third-order valence-electron chi connectivity index (χ3n) is 3.33. The van der Waals surface area contributed by atoms with E-state index in [-0.39, 0.29) is 18.2 Å².